The number of hydroxylamine groups is 2. The van der Waals surface area contributed by atoms with Crippen LogP contribution in [0.5, 0.6) is 0 Å². The third-order valence-corrected chi connectivity index (χ3v) is 5.58. The Morgan fingerprint density at radius 1 is 1.07 bits per heavy atom. The predicted molar refractivity (Wildman–Crippen MR) is 110 cm³/mol. The minimum Gasteiger partial charge on any atom is -0.334 e. The van der Waals surface area contributed by atoms with Crippen LogP contribution in [0.4, 0.5) is 0 Å². The highest BCUT2D eigenvalue weighted by molar-refractivity contribution is 5.88. The van der Waals surface area contributed by atoms with Crippen molar-refractivity contribution in [1.29, 1.82) is 5.26 Å². The number of carbonyl (C=O) groups is 1. The molecule has 156 valence electrons. The average molecular weight is 380 g/mol. The quantitative estimate of drug-likeness (QED) is 0.657. The normalized spacial score (nSPS) is 21.3. The highest BCUT2D eigenvalue weighted by atomic mass is 16.7. The molecule has 1 amide bonds. The van der Waals surface area contributed by atoms with Crippen LogP contribution in [-0.2, 0) is 9.63 Å². The first-order chi connectivity index (χ1) is 12.0. The van der Waals surface area contributed by atoms with Crippen LogP contribution in [0.15, 0.2) is 0 Å². The van der Waals surface area contributed by atoms with Gasteiger partial charge in [-0.1, -0.05) is 34.6 Å². The number of nitriles is 1. The van der Waals surface area contributed by atoms with Gasteiger partial charge in [0.05, 0.1) is 11.6 Å². The molecule has 1 aliphatic heterocycles. The smallest absolute Gasteiger partial charge is 0.245 e. The highest BCUT2D eigenvalue weighted by Crippen LogP contribution is 2.44. The summed E-state index contributed by atoms with van der Waals surface area (Å²) in [7, 11) is 0. The Hall–Kier alpha value is -1.12. The van der Waals surface area contributed by atoms with Gasteiger partial charge in [0, 0.05) is 12.1 Å². The Labute approximate surface area is 167 Å². The van der Waals surface area contributed by atoms with E-state index in [-0.39, 0.29) is 16.9 Å². The van der Waals surface area contributed by atoms with Crippen LogP contribution in [-0.4, -0.2) is 44.6 Å². The molecule has 1 fully saturated rings. The van der Waals surface area contributed by atoms with E-state index in [0.29, 0.717) is 19.4 Å². The lowest BCUT2D eigenvalue weighted by Crippen LogP contribution is -2.76. The molecule has 0 aromatic heterocycles. The van der Waals surface area contributed by atoms with Crippen molar-refractivity contribution in [3.63, 3.8) is 0 Å². The molecule has 1 saturated heterocycles. The van der Waals surface area contributed by atoms with Crippen LogP contribution < -0.4 is 0 Å². The van der Waals surface area contributed by atoms with E-state index in [9.17, 15) is 10.1 Å². The van der Waals surface area contributed by atoms with E-state index >= 15 is 0 Å². The lowest BCUT2D eigenvalue weighted by molar-refractivity contribution is -0.322. The van der Waals surface area contributed by atoms with E-state index in [0.717, 1.165) is 6.42 Å². The molecular formula is C22H41N3O2. The molecule has 5 heteroatoms. The largest absolute Gasteiger partial charge is 0.334 e. The molecule has 0 spiro atoms. The van der Waals surface area contributed by atoms with Gasteiger partial charge in [0.25, 0.3) is 0 Å². The molecule has 0 saturated carbocycles. The maximum absolute atomic E-state index is 13.8. The summed E-state index contributed by atoms with van der Waals surface area (Å²) < 4.78 is 0. The second-order valence-corrected chi connectivity index (χ2v) is 11.0. The fourth-order valence-corrected chi connectivity index (χ4v) is 4.62. The number of amides is 1. The zero-order valence-corrected chi connectivity index (χ0v) is 19.5. The lowest BCUT2D eigenvalue weighted by Gasteiger charge is -2.60. The lowest BCUT2D eigenvalue weighted by atomic mass is 9.76. The number of rotatable bonds is 6. The van der Waals surface area contributed by atoms with Crippen LogP contribution in [0.3, 0.4) is 0 Å². The summed E-state index contributed by atoms with van der Waals surface area (Å²) >= 11 is 0. The van der Waals surface area contributed by atoms with E-state index < -0.39 is 16.7 Å². The van der Waals surface area contributed by atoms with Gasteiger partial charge in [0.2, 0.25) is 5.91 Å². The van der Waals surface area contributed by atoms with Crippen molar-refractivity contribution >= 4 is 5.91 Å². The average Bonchev–Trinajstić information content (AvgIpc) is 2.49. The van der Waals surface area contributed by atoms with Gasteiger partial charge in [-0.3, -0.25) is 9.63 Å². The third-order valence-electron chi connectivity index (χ3n) is 5.58. The summed E-state index contributed by atoms with van der Waals surface area (Å²) in [4.78, 5) is 22.1. The molecule has 0 aromatic carbocycles. The van der Waals surface area contributed by atoms with Crippen molar-refractivity contribution in [3.05, 3.63) is 0 Å². The molecule has 5 nitrogen and oxygen atoms in total. The first-order valence-electron chi connectivity index (χ1n) is 10.2. The third kappa shape index (κ3) is 4.84. The summed E-state index contributed by atoms with van der Waals surface area (Å²) in [5, 5.41) is 11.3. The zero-order valence-electron chi connectivity index (χ0n) is 19.5. The molecule has 27 heavy (non-hydrogen) atoms. The molecule has 0 bridgehead atoms. The minimum atomic E-state index is -0.990. The van der Waals surface area contributed by atoms with E-state index in [1.54, 1.807) is 13.8 Å². The van der Waals surface area contributed by atoms with Gasteiger partial charge < -0.3 is 4.90 Å². The van der Waals surface area contributed by atoms with Crippen LogP contribution >= 0.6 is 0 Å². The molecule has 0 unspecified atom stereocenters. The van der Waals surface area contributed by atoms with Gasteiger partial charge >= 0.3 is 0 Å². The molecule has 0 atom stereocenters. The van der Waals surface area contributed by atoms with Gasteiger partial charge in [-0.05, 0) is 66.2 Å². The van der Waals surface area contributed by atoms with Crippen molar-refractivity contribution in [3.8, 4) is 6.07 Å². The van der Waals surface area contributed by atoms with Crippen molar-refractivity contribution in [2.45, 2.75) is 118 Å². The van der Waals surface area contributed by atoms with Crippen molar-refractivity contribution < 1.29 is 9.63 Å². The van der Waals surface area contributed by atoms with Gasteiger partial charge in [-0.15, -0.1) is 0 Å². The zero-order chi connectivity index (χ0) is 21.5. The summed E-state index contributed by atoms with van der Waals surface area (Å²) in [5.41, 5.74) is -2.32. The second kappa shape index (κ2) is 7.37. The maximum atomic E-state index is 13.8. The van der Waals surface area contributed by atoms with Crippen molar-refractivity contribution in [2.24, 2.45) is 5.41 Å². The molecule has 0 aromatic rings. The van der Waals surface area contributed by atoms with Crippen molar-refractivity contribution in [1.82, 2.24) is 9.96 Å². The number of hydrogen-bond donors (Lipinski definition) is 0. The topological polar surface area (TPSA) is 56.6 Å². The molecule has 1 aliphatic rings. The van der Waals surface area contributed by atoms with Gasteiger partial charge in [-0.25, -0.2) is 0 Å². The van der Waals surface area contributed by atoms with Gasteiger partial charge in [-0.2, -0.15) is 10.3 Å². The fourth-order valence-electron chi connectivity index (χ4n) is 4.62. The molecular weight excluding hydrogens is 338 g/mol. The van der Waals surface area contributed by atoms with E-state index in [4.69, 9.17) is 4.84 Å². The van der Waals surface area contributed by atoms with Gasteiger partial charge in [0.15, 0.2) is 5.60 Å². The van der Waals surface area contributed by atoms with Gasteiger partial charge in [0.1, 0.15) is 5.54 Å². The molecule has 1 rings (SSSR count). The Balaban J connectivity index is 3.47. The maximum Gasteiger partial charge on any atom is 0.245 e. The second-order valence-electron chi connectivity index (χ2n) is 11.0. The SMILES string of the molecule is CCC1(CC)C(=O)N(C(C)(C)CC(C)(C)C)CC(C)(C)N1OC(C)(C)C#N. The molecule has 1 heterocycles. The predicted octanol–water partition coefficient (Wildman–Crippen LogP) is 4.92. The standard InChI is InChI=1S/C22H41N3O2/c1-12-22(13-2)17(26)24(19(6,7)14-18(3,4)5)16-20(8,9)25(22)27-21(10,11)15-23/h12-14,16H2,1-11H3. The number of nitrogens with zero attached hydrogens (tertiary/aromatic N) is 3. The summed E-state index contributed by atoms with van der Waals surface area (Å²) in [6, 6.07) is 2.21. The Morgan fingerprint density at radius 2 is 1.56 bits per heavy atom. The van der Waals surface area contributed by atoms with Crippen LogP contribution in [0.2, 0.25) is 0 Å². The van der Waals surface area contributed by atoms with E-state index in [2.05, 4.69) is 59.4 Å². The number of carbonyl (C=O) groups excluding carboxylic acids is 1. The fraction of sp³-hybridized carbons (Fsp3) is 0.909. The van der Waals surface area contributed by atoms with Crippen molar-refractivity contribution in [2.75, 3.05) is 6.54 Å². The Morgan fingerprint density at radius 3 is 1.93 bits per heavy atom. The van der Waals surface area contributed by atoms with Crippen LogP contribution in [0.1, 0.15) is 95.4 Å². The Kier molecular flexibility index (Phi) is 6.53. The molecule has 0 aliphatic carbocycles. The first-order valence-corrected chi connectivity index (χ1v) is 10.2. The number of piperazine rings is 1. The molecule has 0 N–H and O–H groups in total. The summed E-state index contributed by atoms with van der Waals surface area (Å²) in [6.07, 6.45) is 2.18. The van der Waals surface area contributed by atoms with Crippen LogP contribution in [0, 0.1) is 16.7 Å². The molecule has 0 radical (unpaired) electrons. The summed E-state index contributed by atoms with van der Waals surface area (Å²) in [5.74, 6) is 0.106. The monoisotopic (exact) mass is 379 g/mol. The Bertz CT molecular complexity index is 590. The summed E-state index contributed by atoms with van der Waals surface area (Å²) in [6.45, 7) is 23.3. The van der Waals surface area contributed by atoms with E-state index in [1.165, 1.54) is 0 Å². The number of hydrogen-bond acceptors (Lipinski definition) is 4. The highest BCUT2D eigenvalue weighted by Gasteiger charge is 2.58. The first kappa shape index (κ1) is 23.9. The van der Waals surface area contributed by atoms with E-state index in [1.807, 2.05) is 18.9 Å². The van der Waals surface area contributed by atoms with Crippen LogP contribution in [0.25, 0.3) is 0 Å². The minimum absolute atomic E-state index is 0.106.